The second kappa shape index (κ2) is 4.85. The van der Waals surface area contributed by atoms with Crippen LogP contribution in [0.15, 0.2) is 48.1 Å². The van der Waals surface area contributed by atoms with Gasteiger partial charge in [-0.3, -0.25) is 0 Å². The third kappa shape index (κ3) is 2.37. The Morgan fingerprint density at radius 1 is 1.32 bits per heavy atom. The number of halogens is 1. The maximum atomic E-state index is 13.0. The molecule has 0 bridgehead atoms. The second-order valence-corrected chi connectivity index (χ2v) is 5.15. The molecule has 3 nitrogen and oxygen atoms in total. The summed E-state index contributed by atoms with van der Waals surface area (Å²) < 4.78 is 15.0. The Bertz CT molecular complexity index is 689. The van der Waals surface area contributed by atoms with Crippen molar-refractivity contribution < 1.29 is 4.39 Å². The van der Waals surface area contributed by atoms with E-state index in [1.54, 1.807) is 23.6 Å². The monoisotopic (exact) mass is 273 g/mol. The van der Waals surface area contributed by atoms with Crippen LogP contribution in [0.1, 0.15) is 5.56 Å². The molecule has 0 spiro atoms. The summed E-state index contributed by atoms with van der Waals surface area (Å²) in [4.78, 5) is 5.46. The molecule has 0 radical (unpaired) electrons. The molecular formula is C14H12FN3S. The van der Waals surface area contributed by atoms with Gasteiger partial charge in [-0.25, -0.2) is 9.37 Å². The van der Waals surface area contributed by atoms with Crippen molar-refractivity contribution in [3.63, 3.8) is 0 Å². The number of nitrogen functional groups attached to an aromatic ring is 1. The van der Waals surface area contributed by atoms with Crippen molar-refractivity contribution in [1.29, 1.82) is 0 Å². The lowest BCUT2D eigenvalue weighted by molar-refractivity contribution is 0.627. The number of rotatable bonds is 3. The van der Waals surface area contributed by atoms with Gasteiger partial charge >= 0.3 is 0 Å². The lowest BCUT2D eigenvalue weighted by Crippen LogP contribution is -2.04. The Hall–Kier alpha value is -2.14. The summed E-state index contributed by atoms with van der Waals surface area (Å²) in [6.45, 7) is 0.583. The Balaban J connectivity index is 1.94. The number of imidazole rings is 1. The molecule has 2 aromatic heterocycles. The fourth-order valence-electron chi connectivity index (χ4n) is 1.96. The molecule has 0 aliphatic heterocycles. The van der Waals surface area contributed by atoms with Crippen molar-refractivity contribution in [2.75, 3.05) is 5.73 Å². The maximum absolute atomic E-state index is 13.0. The third-order valence-electron chi connectivity index (χ3n) is 2.91. The van der Waals surface area contributed by atoms with Crippen molar-refractivity contribution in [3.8, 4) is 10.7 Å². The number of hydrogen-bond acceptors (Lipinski definition) is 3. The summed E-state index contributed by atoms with van der Waals surface area (Å²) in [5.41, 5.74) is 7.19. The fourth-order valence-corrected chi connectivity index (χ4v) is 2.70. The topological polar surface area (TPSA) is 43.8 Å². The van der Waals surface area contributed by atoms with E-state index in [1.165, 1.54) is 12.1 Å². The first-order valence-electron chi connectivity index (χ1n) is 5.83. The molecule has 0 atom stereocenters. The lowest BCUT2D eigenvalue weighted by atomic mass is 10.1. The van der Waals surface area contributed by atoms with Gasteiger partial charge in [0.2, 0.25) is 0 Å². The molecule has 19 heavy (non-hydrogen) atoms. The number of hydrogen-bond donors (Lipinski definition) is 1. The number of thiophene rings is 1. The van der Waals surface area contributed by atoms with Crippen LogP contribution >= 0.6 is 11.3 Å². The highest BCUT2D eigenvalue weighted by molar-refractivity contribution is 7.13. The minimum atomic E-state index is -0.314. The summed E-state index contributed by atoms with van der Waals surface area (Å²) >= 11 is 1.64. The molecule has 0 aliphatic carbocycles. The van der Waals surface area contributed by atoms with Crippen LogP contribution in [0.25, 0.3) is 10.7 Å². The van der Waals surface area contributed by atoms with E-state index < -0.39 is 0 Å². The van der Waals surface area contributed by atoms with Gasteiger partial charge in [0.05, 0.1) is 11.4 Å². The van der Waals surface area contributed by atoms with Crippen LogP contribution in [0.4, 0.5) is 10.1 Å². The first-order valence-corrected chi connectivity index (χ1v) is 6.71. The highest BCUT2D eigenvalue weighted by Crippen LogP contribution is 2.24. The molecule has 96 valence electrons. The average Bonchev–Trinajstić information content (AvgIpc) is 3.03. The van der Waals surface area contributed by atoms with Crippen molar-refractivity contribution >= 4 is 17.0 Å². The van der Waals surface area contributed by atoms with E-state index in [9.17, 15) is 4.39 Å². The number of nitrogens with zero attached hydrogens (tertiary/aromatic N) is 2. The first kappa shape index (κ1) is 11.9. The first-order chi connectivity index (χ1) is 9.24. The molecule has 0 unspecified atom stereocenters. The van der Waals surface area contributed by atoms with Crippen LogP contribution in [-0.2, 0) is 6.54 Å². The van der Waals surface area contributed by atoms with Crippen LogP contribution in [-0.4, -0.2) is 9.55 Å². The number of aromatic nitrogens is 2. The van der Waals surface area contributed by atoms with Gasteiger partial charge in [-0.15, -0.1) is 11.3 Å². The summed E-state index contributed by atoms with van der Waals surface area (Å²) in [7, 11) is 0. The molecule has 2 N–H and O–H groups in total. The van der Waals surface area contributed by atoms with E-state index in [2.05, 4.69) is 4.98 Å². The van der Waals surface area contributed by atoms with E-state index in [1.807, 2.05) is 28.3 Å². The molecule has 0 fully saturated rings. The maximum Gasteiger partial charge on any atom is 0.150 e. The molecule has 0 saturated carbocycles. The molecule has 3 aromatic rings. The van der Waals surface area contributed by atoms with Crippen molar-refractivity contribution in [2.45, 2.75) is 6.54 Å². The summed E-state index contributed by atoms with van der Waals surface area (Å²) in [6.07, 6.45) is 3.66. The van der Waals surface area contributed by atoms with Gasteiger partial charge in [0, 0.05) is 18.1 Å². The second-order valence-electron chi connectivity index (χ2n) is 4.20. The zero-order chi connectivity index (χ0) is 13.2. The fraction of sp³-hybridized carbons (Fsp3) is 0.0714. The van der Waals surface area contributed by atoms with Crippen LogP contribution in [0, 0.1) is 5.82 Å². The van der Waals surface area contributed by atoms with Gasteiger partial charge in [-0.05, 0) is 29.1 Å². The van der Waals surface area contributed by atoms with Crippen LogP contribution in [0.2, 0.25) is 0 Å². The molecule has 1 aromatic carbocycles. The zero-order valence-electron chi connectivity index (χ0n) is 10.1. The molecule has 3 rings (SSSR count). The SMILES string of the molecule is Nc1cc(F)ccc1Cn1ccnc1-c1cccs1. The molecule has 5 heteroatoms. The van der Waals surface area contributed by atoms with E-state index in [4.69, 9.17) is 5.73 Å². The smallest absolute Gasteiger partial charge is 0.150 e. The van der Waals surface area contributed by atoms with Gasteiger partial charge < -0.3 is 10.3 Å². The predicted molar refractivity (Wildman–Crippen MR) is 75.5 cm³/mol. The quantitative estimate of drug-likeness (QED) is 0.743. The predicted octanol–water partition coefficient (Wildman–Crippen LogP) is 3.38. The summed E-state index contributed by atoms with van der Waals surface area (Å²) in [5.74, 6) is 0.587. The van der Waals surface area contributed by atoms with E-state index >= 15 is 0 Å². The standard InChI is InChI=1S/C14H12FN3S/c15-11-4-3-10(12(16)8-11)9-18-6-5-17-14(18)13-2-1-7-19-13/h1-8H,9,16H2. The van der Waals surface area contributed by atoms with Crippen molar-refractivity contribution in [2.24, 2.45) is 0 Å². The minimum Gasteiger partial charge on any atom is -0.398 e. The van der Waals surface area contributed by atoms with Crippen LogP contribution < -0.4 is 5.73 Å². The molecule has 0 amide bonds. The van der Waals surface area contributed by atoms with Crippen LogP contribution in [0.3, 0.4) is 0 Å². The summed E-state index contributed by atoms with van der Waals surface area (Å²) in [6, 6.07) is 8.50. The van der Waals surface area contributed by atoms with E-state index in [-0.39, 0.29) is 5.82 Å². The van der Waals surface area contributed by atoms with Gasteiger partial charge in [-0.2, -0.15) is 0 Å². The van der Waals surface area contributed by atoms with Gasteiger partial charge in [0.15, 0.2) is 0 Å². The van der Waals surface area contributed by atoms with Crippen molar-refractivity contribution in [3.05, 3.63) is 59.5 Å². The average molecular weight is 273 g/mol. The summed E-state index contributed by atoms with van der Waals surface area (Å²) in [5, 5.41) is 2.01. The molecule has 0 saturated heterocycles. The highest BCUT2D eigenvalue weighted by Gasteiger charge is 2.09. The number of nitrogens with two attached hydrogens (primary N) is 1. The van der Waals surface area contributed by atoms with E-state index in [0.29, 0.717) is 12.2 Å². The van der Waals surface area contributed by atoms with Gasteiger partial charge in [-0.1, -0.05) is 12.1 Å². The molecular weight excluding hydrogens is 261 g/mol. The largest absolute Gasteiger partial charge is 0.398 e. The highest BCUT2D eigenvalue weighted by atomic mass is 32.1. The van der Waals surface area contributed by atoms with Crippen LogP contribution in [0.5, 0.6) is 0 Å². The Morgan fingerprint density at radius 3 is 2.95 bits per heavy atom. The van der Waals surface area contributed by atoms with Gasteiger partial charge in [0.25, 0.3) is 0 Å². The molecule has 2 heterocycles. The van der Waals surface area contributed by atoms with E-state index in [0.717, 1.165) is 16.3 Å². The van der Waals surface area contributed by atoms with Crippen molar-refractivity contribution in [1.82, 2.24) is 9.55 Å². The Labute approximate surface area is 114 Å². The number of benzene rings is 1. The normalized spacial score (nSPS) is 10.8. The zero-order valence-corrected chi connectivity index (χ0v) is 10.9. The minimum absolute atomic E-state index is 0.314. The number of anilines is 1. The Morgan fingerprint density at radius 2 is 2.21 bits per heavy atom. The third-order valence-corrected chi connectivity index (χ3v) is 3.77. The molecule has 0 aliphatic rings. The lowest BCUT2D eigenvalue weighted by Gasteiger charge is -2.09. The van der Waals surface area contributed by atoms with Gasteiger partial charge in [0.1, 0.15) is 11.6 Å². The Kier molecular flexibility index (Phi) is 3.05.